The van der Waals surface area contributed by atoms with Crippen LogP contribution in [0.5, 0.6) is 0 Å². The molecule has 1 atom stereocenters. The highest BCUT2D eigenvalue weighted by Crippen LogP contribution is 2.28. The van der Waals surface area contributed by atoms with Crippen molar-refractivity contribution in [2.75, 3.05) is 18.5 Å². The molecule has 6 heteroatoms. The number of aliphatic hydroxyl groups is 2. The number of aliphatic hydroxyl groups excluding tert-OH is 2. The molecule has 23 heavy (non-hydrogen) atoms. The number of benzene rings is 1. The van der Waals surface area contributed by atoms with Gasteiger partial charge in [-0.1, -0.05) is 30.3 Å². The number of imidazole rings is 1. The number of hydrogen-bond donors (Lipinski definition) is 5. The first-order valence-corrected chi connectivity index (χ1v) is 7.43. The lowest BCUT2D eigenvalue weighted by atomic mass is 10.1. The van der Waals surface area contributed by atoms with Gasteiger partial charge >= 0.3 is 0 Å². The van der Waals surface area contributed by atoms with E-state index in [1.54, 1.807) is 13.0 Å². The van der Waals surface area contributed by atoms with Crippen LogP contribution < -0.4 is 5.32 Å². The maximum absolute atomic E-state index is 9.45. The van der Waals surface area contributed by atoms with Crippen molar-refractivity contribution < 1.29 is 10.2 Å². The van der Waals surface area contributed by atoms with E-state index >= 15 is 0 Å². The number of H-pyrrole nitrogens is 1. The highest BCUT2D eigenvalue weighted by molar-refractivity contribution is 5.97. The number of aromatic nitrogens is 2. The van der Waals surface area contributed by atoms with E-state index in [2.05, 4.69) is 15.3 Å². The summed E-state index contributed by atoms with van der Waals surface area (Å²) in [5.74, 6) is 0.515. The van der Waals surface area contributed by atoms with Gasteiger partial charge in [-0.25, -0.2) is 4.98 Å². The molecule has 1 aromatic heterocycles. The van der Waals surface area contributed by atoms with Crippen molar-refractivity contribution in [3.63, 3.8) is 0 Å². The van der Waals surface area contributed by atoms with Crippen molar-refractivity contribution in [1.29, 1.82) is 5.41 Å². The summed E-state index contributed by atoms with van der Waals surface area (Å²) >= 11 is 0. The summed E-state index contributed by atoms with van der Waals surface area (Å²) in [6, 6.07) is 9.80. The Labute approximate surface area is 135 Å². The molecule has 6 nitrogen and oxygen atoms in total. The molecule has 0 saturated carbocycles. The van der Waals surface area contributed by atoms with E-state index in [9.17, 15) is 5.11 Å². The molecule has 1 heterocycles. The molecule has 2 rings (SSSR count). The minimum atomic E-state index is -0.843. The molecule has 0 radical (unpaired) electrons. The fourth-order valence-electron chi connectivity index (χ4n) is 2.23. The van der Waals surface area contributed by atoms with Crippen LogP contribution in [-0.2, 0) is 0 Å². The molecule has 5 N–H and O–H groups in total. The van der Waals surface area contributed by atoms with Gasteiger partial charge in [0.25, 0.3) is 0 Å². The Bertz CT molecular complexity index is 692. The smallest absolute Gasteiger partial charge is 0.201 e. The molecular weight excluding hydrogens is 292 g/mol. The van der Waals surface area contributed by atoms with Gasteiger partial charge < -0.3 is 25.9 Å². The van der Waals surface area contributed by atoms with Crippen LogP contribution in [0.1, 0.15) is 19.5 Å². The van der Waals surface area contributed by atoms with Crippen LogP contribution in [0.2, 0.25) is 0 Å². The third kappa shape index (κ3) is 4.51. The van der Waals surface area contributed by atoms with Gasteiger partial charge in [-0.15, -0.1) is 0 Å². The average molecular weight is 314 g/mol. The van der Waals surface area contributed by atoms with E-state index < -0.39 is 6.10 Å². The van der Waals surface area contributed by atoms with Crippen molar-refractivity contribution in [2.45, 2.75) is 20.0 Å². The van der Waals surface area contributed by atoms with Gasteiger partial charge in [-0.05, 0) is 25.5 Å². The molecule has 0 aliphatic rings. The van der Waals surface area contributed by atoms with Crippen LogP contribution >= 0.6 is 0 Å². The molecule has 0 aliphatic heterocycles. The number of rotatable bonds is 7. The summed E-state index contributed by atoms with van der Waals surface area (Å²) in [5.41, 5.74) is 3.92. The molecule has 0 amide bonds. The summed E-state index contributed by atoms with van der Waals surface area (Å²) in [4.78, 5) is 7.73. The Kier molecular flexibility index (Phi) is 5.67. The molecular formula is C17H22N4O2. The number of allylic oxidation sites excluding steroid dienone is 2. The van der Waals surface area contributed by atoms with Crippen LogP contribution in [0.4, 0.5) is 5.95 Å². The molecule has 0 aliphatic carbocycles. The van der Waals surface area contributed by atoms with Crippen molar-refractivity contribution in [2.24, 2.45) is 0 Å². The van der Waals surface area contributed by atoms with Gasteiger partial charge in [0, 0.05) is 17.8 Å². The van der Waals surface area contributed by atoms with Gasteiger partial charge in [0.15, 0.2) is 0 Å². The minimum Gasteiger partial charge on any atom is -0.394 e. The zero-order valence-corrected chi connectivity index (χ0v) is 13.3. The van der Waals surface area contributed by atoms with Gasteiger partial charge in [-0.2, -0.15) is 0 Å². The van der Waals surface area contributed by atoms with Crippen molar-refractivity contribution in [3.8, 4) is 11.3 Å². The molecule has 2 aromatic rings. The average Bonchev–Trinajstić information content (AvgIpc) is 2.97. The van der Waals surface area contributed by atoms with Crippen molar-refractivity contribution in [3.05, 3.63) is 42.1 Å². The second kappa shape index (κ2) is 7.71. The first-order valence-electron chi connectivity index (χ1n) is 7.43. The monoisotopic (exact) mass is 314 g/mol. The number of nitrogens with one attached hydrogen (secondary N) is 3. The zero-order chi connectivity index (χ0) is 16.8. The van der Waals surface area contributed by atoms with Crippen molar-refractivity contribution >= 4 is 17.2 Å². The Morgan fingerprint density at radius 3 is 2.65 bits per heavy atom. The predicted molar refractivity (Wildman–Crippen MR) is 92.7 cm³/mol. The summed E-state index contributed by atoms with van der Waals surface area (Å²) < 4.78 is 0. The first kappa shape index (κ1) is 16.9. The minimum absolute atomic E-state index is 0.198. The standard InChI is InChI=1S/C17H22N4O2/c1-11(8-12(2)18)15-16(13-6-4-3-5-7-13)21-17(20-15)19-9-14(23)10-22/h3-8,14,18,22-23H,9-10H2,1-2H3,(H2,19,20,21)/b11-8-,18-12?. The number of nitrogens with zero attached hydrogens (tertiary/aromatic N) is 1. The second-order valence-corrected chi connectivity index (χ2v) is 5.40. The van der Waals surface area contributed by atoms with Crippen LogP contribution in [0, 0.1) is 5.41 Å². The van der Waals surface area contributed by atoms with E-state index in [1.165, 1.54) is 0 Å². The van der Waals surface area contributed by atoms with Crippen LogP contribution in [-0.4, -0.2) is 45.1 Å². The zero-order valence-electron chi connectivity index (χ0n) is 13.3. The van der Waals surface area contributed by atoms with E-state index in [1.807, 2.05) is 37.3 Å². The first-order chi connectivity index (χ1) is 11.0. The van der Waals surface area contributed by atoms with Gasteiger partial charge in [0.1, 0.15) is 0 Å². The molecule has 0 bridgehead atoms. The van der Waals surface area contributed by atoms with E-state index in [0.29, 0.717) is 11.7 Å². The topological polar surface area (TPSA) is 105 Å². The van der Waals surface area contributed by atoms with Crippen molar-refractivity contribution in [1.82, 2.24) is 9.97 Å². The molecule has 1 unspecified atom stereocenters. The molecule has 0 fully saturated rings. The Balaban J connectivity index is 2.38. The third-order valence-electron chi connectivity index (χ3n) is 3.29. The fourth-order valence-corrected chi connectivity index (χ4v) is 2.23. The Morgan fingerprint density at radius 1 is 1.35 bits per heavy atom. The number of anilines is 1. The van der Waals surface area contributed by atoms with Crippen LogP contribution in [0.15, 0.2) is 36.4 Å². The normalized spacial score (nSPS) is 13.0. The lowest BCUT2D eigenvalue weighted by Gasteiger charge is -2.07. The lowest BCUT2D eigenvalue weighted by molar-refractivity contribution is 0.105. The summed E-state index contributed by atoms with van der Waals surface area (Å²) in [6.45, 7) is 3.52. The van der Waals surface area contributed by atoms with Gasteiger partial charge in [0.2, 0.25) is 5.95 Å². The highest BCUT2D eigenvalue weighted by atomic mass is 16.3. The third-order valence-corrected chi connectivity index (χ3v) is 3.29. The fraction of sp³-hybridized carbons (Fsp3) is 0.294. The lowest BCUT2D eigenvalue weighted by Crippen LogP contribution is -2.23. The highest BCUT2D eigenvalue weighted by Gasteiger charge is 2.14. The van der Waals surface area contributed by atoms with Gasteiger partial charge in [-0.3, -0.25) is 0 Å². The number of aromatic amines is 1. The SMILES string of the molecule is CC(=N)/C=C(/C)c1nc(NCC(O)CO)[nH]c1-c1ccccc1. The Morgan fingerprint density at radius 2 is 2.04 bits per heavy atom. The van der Waals surface area contributed by atoms with Crippen LogP contribution in [0.3, 0.4) is 0 Å². The summed E-state index contributed by atoms with van der Waals surface area (Å²) in [7, 11) is 0. The molecule has 1 aromatic carbocycles. The summed E-state index contributed by atoms with van der Waals surface area (Å²) in [6.07, 6.45) is 0.916. The summed E-state index contributed by atoms with van der Waals surface area (Å²) in [5, 5.41) is 28.9. The largest absolute Gasteiger partial charge is 0.394 e. The quantitative estimate of drug-likeness (QED) is 0.506. The maximum Gasteiger partial charge on any atom is 0.201 e. The van der Waals surface area contributed by atoms with E-state index in [4.69, 9.17) is 10.5 Å². The second-order valence-electron chi connectivity index (χ2n) is 5.40. The predicted octanol–water partition coefficient (Wildman–Crippen LogP) is 2.28. The molecule has 0 spiro atoms. The van der Waals surface area contributed by atoms with Gasteiger partial charge in [0.05, 0.1) is 24.1 Å². The maximum atomic E-state index is 9.45. The Hall–Kier alpha value is -2.44. The van der Waals surface area contributed by atoms with E-state index in [0.717, 1.165) is 22.5 Å². The number of hydrogen-bond acceptors (Lipinski definition) is 5. The van der Waals surface area contributed by atoms with Crippen LogP contribution in [0.25, 0.3) is 16.8 Å². The molecule has 0 saturated heterocycles. The van der Waals surface area contributed by atoms with E-state index in [-0.39, 0.29) is 13.2 Å². The molecule has 122 valence electrons.